The second-order valence-electron chi connectivity index (χ2n) is 5.61. The molecule has 1 amide bonds. The molecule has 0 saturated carbocycles. The van der Waals surface area contributed by atoms with Crippen molar-refractivity contribution in [2.45, 2.75) is 38.7 Å². The Morgan fingerprint density at radius 1 is 1.58 bits per heavy atom. The third-order valence-electron chi connectivity index (χ3n) is 3.08. The molecule has 1 aliphatic rings. The normalized spacial score (nSPS) is 24.1. The van der Waals surface area contributed by atoms with Crippen molar-refractivity contribution in [2.24, 2.45) is 0 Å². The smallest absolute Gasteiger partial charge is 0.322 e. The van der Waals surface area contributed by atoms with Crippen molar-refractivity contribution in [3.8, 4) is 0 Å². The molecular formula is C12H20N4O3. The third kappa shape index (κ3) is 3.74. The Kier molecular flexibility index (Phi) is 3.86. The molecule has 1 aliphatic heterocycles. The van der Waals surface area contributed by atoms with Gasteiger partial charge in [0.05, 0.1) is 12.1 Å². The van der Waals surface area contributed by atoms with Crippen LogP contribution in [0.4, 0.5) is 6.01 Å². The molecule has 1 fully saturated rings. The average Bonchev–Trinajstić information content (AvgIpc) is 2.85. The molecule has 2 N–H and O–H groups in total. The number of anilines is 1. The van der Waals surface area contributed by atoms with Gasteiger partial charge >= 0.3 is 6.01 Å². The number of rotatable bonds is 4. The minimum absolute atomic E-state index is 0.125. The van der Waals surface area contributed by atoms with Gasteiger partial charge in [-0.05, 0) is 13.3 Å². The Morgan fingerprint density at radius 3 is 2.84 bits per heavy atom. The molecule has 7 heteroatoms. The van der Waals surface area contributed by atoms with Crippen LogP contribution in [0.15, 0.2) is 4.42 Å². The summed E-state index contributed by atoms with van der Waals surface area (Å²) in [5.41, 5.74) is -0.699. The van der Waals surface area contributed by atoms with E-state index in [1.165, 1.54) is 0 Å². The van der Waals surface area contributed by atoms with E-state index in [1.54, 1.807) is 6.92 Å². The van der Waals surface area contributed by atoms with E-state index in [1.807, 2.05) is 18.7 Å². The molecule has 7 nitrogen and oxygen atoms in total. The van der Waals surface area contributed by atoms with Crippen molar-refractivity contribution >= 4 is 11.9 Å². The lowest BCUT2D eigenvalue weighted by molar-refractivity contribution is -0.117. The van der Waals surface area contributed by atoms with Crippen molar-refractivity contribution in [1.29, 1.82) is 0 Å². The van der Waals surface area contributed by atoms with Crippen molar-refractivity contribution < 1.29 is 14.3 Å². The van der Waals surface area contributed by atoms with E-state index in [0.717, 1.165) is 0 Å². The van der Waals surface area contributed by atoms with Gasteiger partial charge in [-0.25, -0.2) is 0 Å². The van der Waals surface area contributed by atoms with Gasteiger partial charge < -0.3 is 9.52 Å². The maximum Gasteiger partial charge on any atom is 0.322 e. The van der Waals surface area contributed by atoms with Crippen LogP contribution in [-0.2, 0) is 4.79 Å². The number of aliphatic hydroxyl groups is 1. The summed E-state index contributed by atoms with van der Waals surface area (Å²) in [7, 11) is 0. The highest BCUT2D eigenvalue weighted by molar-refractivity contribution is 5.90. The van der Waals surface area contributed by atoms with Gasteiger partial charge in [0.15, 0.2) is 0 Å². The van der Waals surface area contributed by atoms with Crippen LogP contribution in [0.2, 0.25) is 0 Å². The summed E-state index contributed by atoms with van der Waals surface area (Å²) >= 11 is 0. The first kappa shape index (κ1) is 14.0. The minimum atomic E-state index is -0.699. The summed E-state index contributed by atoms with van der Waals surface area (Å²) < 4.78 is 5.30. The van der Waals surface area contributed by atoms with Gasteiger partial charge in [-0.15, -0.1) is 5.10 Å². The Labute approximate surface area is 112 Å². The molecule has 1 aromatic rings. The van der Waals surface area contributed by atoms with Crippen molar-refractivity contribution in [3.63, 3.8) is 0 Å². The van der Waals surface area contributed by atoms with E-state index in [2.05, 4.69) is 15.5 Å². The van der Waals surface area contributed by atoms with Crippen LogP contribution in [0.3, 0.4) is 0 Å². The van der Waals surface area contributed by atoms with Crippen LogP contribution in [0.5, 0.6) is 0 Å². The number of aromatic nitrogens is 2. The quantitative estimate of drug-likeness (QED) is 0.830. The largest absolute Gasteiger partial charge is 0.408 e. The first-order valence-corrected chi connectivity index (χ1v) is 6.44. The van der Waals surface area contributed by atoms with Gasteiger partial charge in [0, 0.05) is 19.0 Å². The third-order valence-corrected chi connectivity index (χ3v) is 3.08. The first-order chi connectivity index (χ1) is 8.85. The molecule has 0 spiro atoms. The predicted molar refractivity (Wildman–Crippen MR) is 68.7 cm³/mol. The number of hydrogen-bond acceptors (Lipinski definition) is 6. The van der Waals surface area contributed by atoms with Crippen molar-refractivity contribution in [1.82, 2.24) is 15.1 Å². The minimum Gasteiger partial charge on any atom is -0.408 e. The Morgan fingerprint density at radius 2 is 2.32 bits per heavy atom. The molecule has 19 heavy (non-hydrogen) atoms. The molecule has 0 bridgehead atoms. The molecular weight excluding hydrogens is 248 g/mol. The van der Waals surface area contributed by atoms with E-state index in [4.69, 9.17) is 4.42 Å². The van der Waals surface area contributed by atoms with E-state index < -0.39 is 5.60 Å². The molecule has 106 valence electrons. The lowest BCUT2D eigenvalue weighted by Gasteiger charge is -2.17. The summed E-state index contributed by atoms with van der Waals surface area (Å²) in [6.07, 6.45) is 0.679. The first-order valence-electron chi connectivity index (χ1n) is 6.44. The van der Waals surface area contributed by atoms with Gasteiger partial charge in [-0.2, -0.15) is 0 Å². The van der Waals surface area contributed by atoms with Crippen molar-refractivity contribution in [2.75, 3.05) is 25.0 Å². The summed E-state index contributed by atoms with van der Waals surface area (Å²) in [5, 5.41) is 20.0. The molecule has 0 radical (unpaired) electrons. The van der Waals surface area contributed by atoms with Gasteiger partial charge in [-0.3, -0.25) is 15.0 Å². The number of carbonyl (C=O) groups excluding carboxylic acids is 1. The number of amides is 1. The van der Waals surface area contributed by atoms with Gasteiger partial charge in [0.2, 0.25) is 11.8 Å². The number of hydrogen-bond donors (Lipinski definition) is 2. The summed E-state index contributed by atoms with van der Waals surface area (Å²) in [6.45, 7) is 7.08. The predicted octanol–water partition coefficient (Wildman–Crippen LogP) is 0.588. The number of nitrogens with zero attached hydrogens (tertiary/aromatic N) is 3. The average molecular weight is 268 g/mol. The van der Waals surface area contributed by atoms with Crippen LogP contribution in [0, 0.1) is 0 Å². The Hall–Kier alpha value is -1.47. The van der Waals surface area contributed by atoms with E-state index in [9.17, 15) is 9.90 Å². The summed E-state index contributed by atoms with van der Waals surface area (Å²) in [6, 6.07) is 0.125. The number of β-amino-alcohol motifs (C(OH)–C–C–N with tert-alkyl or cyclic N) is 1. The van der Waals surface area contributed by atoms with E-state index >= 15 is 0 Å². The molecule has 0 aliphatic carbocycles. The van der Waals surface area contributed by atoms with Crippen LogP contribution in [0.1, 0.15) is 39.0 Å². The second-order valence-corrected chi connectivity index (χ2v) is 5.61. The zero-order valence-corrected chi connectivity index (χ0v) is 11.5. The van der Waals surface area contributed by atoms with E-state index in [0.29, 0.717) is 25.4 Å². The zero-order chi connectivity index (χ0) is 14.0. The molecule has 2 heterocycles. The highest BCUT2D eigenvalue weighted by Gasteiger charge is 2.32. The number of nitrogens with one attached hydrogen (secondary N) is 1. The molecule has 1 saturated heterocycles. The SMILES string of the molecule is CC(C)c1nnc(NC(=O)CN2CCC(C)(O)C2)o1. The van der Waals surface area contributed by atoms with Gasteiger partial charge in [0.1, 0.15) is 0 Å². The van der Waals surface area contributed by atoms with Gasteiger partial charge in [-0.1, -0.05) is 18.9 Å². The zero-order valence-electron chi connectivity index (χ0n) is 11.5. The van der Waals surface area contributed by atoms with E-state index in [-0.39, 0.29) is 24.4 Å². The molecule has 1 aromatic heterocycles. The van der Waals surface area contributed by atoms with Crippen LogP contribution in [-0.4, -0.2) is 51.3 Å². The second kappa shape index (κ2) is 5.26. The fraction of sp³-hybridized carbons (Fsp3) is 0.750. The highest BCUT2D eigenvalue weighted by Crippen LogP contribution is 2.20. The highest BCUT2D eigenvalue weighted by atomic mass is 16.4. The van der Waals surface area contributed by atoms with Crippen LogP contribution >= 0.6 is 0 Å². The lowest BCUT2D eigenvalue weighted by Crippen LogP contribution is -2.35. The Balaban J connectivity index is 1.84. The summed E-state index contributed by atoms with van der Waals surface area (Å²) in [4.78, 5) is 13.7. The standard InChI is InChI=1S/C12H20N4O3/c1-8(2)10-14-15-11(19-10)13-9(17)6-16-5-4-12(3,18)7-16/h8,18H,4-7H2,1-3H3,(H,13,15,17). The molecule has 1 unspecified atom stereocenters. The topological polar surface area (TPSA) is 91.5 Å². The van der Waals surface area contributed by atoms with Crippen molar-refractivity contribution in [3.05, 3.63) is 5.89 Å². The fourth-order valence-corrected chi connectivity index (χ4v) is 2.05. The number of likely N-dealkylation sites (tertiary alicyclic amines) is 1. The fourth-order valence-electron chi connectivity index (χ4n) is 2.05. The maximum absolute atomic E-state index is 11.8. The maximum atomic E-state index is 11.8. The molecule has 1 atom stereocenters. The lowest BCUT2D eigenvalue weighted by atomic mass is 10.1. The van der Waals surface area contributed by atoms with Crippen LogP contribution in [0.25, 0.3) is 0 Å². The molecule has 0 aromatic carbocycles. The monoisotopic (exact) mass is 268 g/mol. The Bertz CT molecular complexity index is 456. The van der Waals surface area contributed by atoms with Gasteiger partial charge in [0.25, 0.3) is 0 Å². The van der Waals surface area contributed by atoms with Crippen LogP contribution < -0.4 is 5.32 Å². The number of carbonyl (C=O) groups is 1. The molecule has 2 rings (SSSR count). The summed E-state index contributed by atoms with van der Waals surface area (Å²) in [5.74, 6) is 0.419.